The van der Waals surface area contributed by atoms with Gasteiger partial charge >= 0.3 is 6.03 Å². The van der Waals surface area contributed by atoms with Crippen LogP contribution in [0, 0.1) is 23.2 Å². The van der Waals surface area contributed by atoms with Crippen molar-refractivity contribution in [3.8, 4) is 17.9 Å². The Morgan fingerprint density at radius 2 is 2.16 bits per heavy atom. The van der Waals surface area contributed by atoms with Crippen LogP contribution < -0.4 is 5.73 Å². The van der Waals surface area contributed by atoms with Gasteiger partial charge in [0.1, 0.15) is 6.07 Å². The van der Waals surface area contributed by atoms with Gasteiger partial charge in [-0.05, 0) is 31.9 Å². The second-order valence-corrected chi connectivity index (χ2v) is 8.12. The molecule has 1 aromatic rings. The number of guanidine groups is 1. The van der Waals surface area contributed by atoms with Crippen molar-refractivity contribution >= 4 is 17.9 Å². The molecule has 0 aromatic carbocycles. The lowest BCUT2D eigenvalue weighted by Crippen LogP contribution is -2.65. The fourth-order valence-corrected chi connectivity index (χ4v) is 4.41. The minimum Gasteiger partial charge on any atom is -0.341 e. The number of carbonyl (C=O) groups excluding carboxylic acids is 2. The van der Waals surface area contributed by atoms with E-state index in [1.165, 1.54) is 4.90 Å². The standard InChI is InChI=1S/C22H26N8O2/c1-3-4-11-29-18-19(26-21(29)28-10-6-8-16(24)13-28)27(2)22(32)30(20(18)31)14-17-15(12-23)7-5-9-25-17/h5,7,9,16,18-19H,6,8,10-11,13-14,24H2,1-2H3/t16-,18?,19?/m1/s1. The Bertz CT molecular complexity index is 1050. The summed E-state index contributed by atoms with van der Waals surface area (Å²) in [6, 6.07) is 4.21. The van der Waals surface area contributed by atoms with Crippen LogP contribution in [0.3, 0.4) is 0 Å². The maximum absolute atomic E-state index is 13.6. The number of nitrogens with zero attached hydrogens (tertiary/aromatic N) is 7. The molecule has 0 radical (unpaired) electrons. The van der Waals surface area contributed by atoms with Crippen LogP contribution in [0.5, 0.6) is 0 Å². The Hall–Kier alpha value is -3.63. The molecule has 0 saturated carbocycles. The van der Waals surface area contributed by atoms with Crippen LogP contribution in [0.4, 0.5) is 4.79 Å². The molecule has 2 saturated heterocycles. The molecule has 1 aromatic heterocycles. The van der Waals surface area contributed by atoms with Gasteiger partial charge in [0.15, 0.2) is 18.2 Å². The van der Waals surface area contributed by atoms with Crippen molar-refractivity contribution < 1.29 is 9.59 Å². The molecule has 3 atom stereocenters. The summed E-state index contributed by atoms with van der Waals surface area (Å²) in [5, 5.41) is 9.38. The molecule has 0 bridgehead atoms. The number of likely N-dealkylation sites (N-methyl/N-ethyl adjacent to an activating group) is 1. The first-order valence-electron chi connectivity index (χ1n) is 10.6. The largest absolute Gasteiger partial charge is 0.341 e. The summed E-state index contributed by atoms with van der Waals surface area (Å²) in [4.78, 5) is 42.3. The molecule has 4 rings (SSSR count). The molecule has 3 aliphatic rings. The van der Waals surface area contributed by atoms with Crippen molar-refractivity contribution in [2.24, 2.45) is 10.7 Å². The number of imide groups is 1. The van der Waals surface area contributed by atoms with Crippen molar-refractivity contribution in [1.29, 1.82) is 5.26 Å². The van der Waals surface area contributed by atoms with Gasteiger partial charge < -0.3 is 20.4 Å². The smallest absolute Gasteiger partial charge is 0.328 e. The SMILES string of the molecule is CC#CCN1C(N2CCC[C@@H](N)C2)=NC2C1C(=O)N(Cc1ncccc1C#N)C(=O)N2C. The molecule has 10 heteroatoms. The second kappa shape index (κ2) is 8.85. The van der Waals surface area contributed by atoms with E-state index in [4.69, 9.17) is 10.7 Å². The molecular formula is C22H26N8O2. The van der Waals surface area contributed by atoms with Crippen molar-refractivity contribution in [3.63, 3.8) is 0 Å². The first-order chi connectivity index (χ1) is 15.5. The maximum atomic E-state index is 13.6. The third-order valence-electron chi connectivity index (χ3n) is 6.06. The van der Waals surface area contributed by atoms with E-state index in [1.54, 1.807) is 32.3 Å². The first kappa shape index (κ1) is 21.6. The van der Waals surface area contributed by atoms with Crippen LogP contribution in [0.1, 0.15) is 31.0 Å². The highest BCUT2D eigenvalue weighted by Gasteiger charge is 2.53. The number of nitriles is 1. The Kier molecular flexibility index (Phi) is 5.97. The highest BCUT2D eigenvalue weighted by atomic mass is 16.2. The summed E-state index contributed by atoms with van der Waals surface area (Å²) in [7, 11) is 1.64. The van der Waals surface area contributed by atoms with Gasteiger partial charge in [-0.3, -0.25) is 14.7 Å². The highest BCUT2D eigenvalue weighted by Crippen LogP contribution is 2.30. The summed E-state index contributed by atoms with van der Waals surface area (Å²) in [6.07, 6.45) is 2.79. The third-order valence-corrected chi connectivity index (χ3v) is 6.06. The predicted molar refractivity (Wildman–Crippen MR) is 117 cm³/mol. The normalized spacial score (nSPS) is 25.2. The Labute approximate surface area is 187 Å². The average molecular weight is 435 g/mol. The average Bonchev–Trinajstić information content (AvgIpc) is 3.19. The monoisotopic (exact) mass is 434 g/mol. The number of hydrogen-bond acceptors (Lipinski definition) is 8. The van der Waals surface area contributed by atoms with E-state index in [0.717, 1.165) is 24.3 Å². The quantitative estimate of drug-likeness (QED) is 0.673. The summed E-state index contributed by atoms with van der Waals surface area (Å²) in [6.45, 7) is 3.42. The molecule has 2 fully saturated rings. The van der Waals surface area contributed by atoms with Crippen LogP contribution in [0.25, 0.3) is 0 Å². The molecule has 166 valence electrons. The van der Waals surface area contributed by atoms with Crippen molar-refractivity contribution in [2.45, 2.75) is 44.6 Å². The molecular weight excluding hydrogens is 408 g/mol. The number of amides is 3. The van der Waals surface area contributed by atoms with Crippen molar-refractivity contribution in [1.82, 2.24) is 24.6 Å². The molecule has 4 heterocycles. The van der Waals surface area contributed by atoms with Gasteiger partial charge in [0.2, 0.25) is 0 Å². The molecule has 3 aliphatic heterocycles. The molecule has 0 aliphatic carbocycles. The van der Waals surface area contributed by atoms with Crippen LogP contribution in [-0.2, 0) is 11.3 Å². The molecule has 3 amide bonds. The zero-order valence-corrected chi connectivity index (χ0v) is 18.2. The zero-order chi connectivity index (χ0) is 22.8. The van der Waals surface area contributed by atoms with Crippen molar-refractivity contribution in [2.75, 3.05) is 26.7 Å². The van der Waals surface area contributed by atoms with Crippen LogP contribution in [0.15, 0.2) is 23.3 Å². The molecule has 10 nitrogen and oxygen atoms in total. The van der Waals surface area contributed by atoms with Crippen LogP contribution >= 0.6 is 0 Å². The molecule has 2 N–H and O–H groups in total. The summed E-state index contributed by atoms with van der Waals surface area (Å²) in [5.74, 6) is 6.21. The number of piperidine rings is 1. The van der Waals surface area contributed by atoms with E-state index in [-0.39, 0.29) is 18.5 Å². The fourth-order valence-electron chi connectivity index (χ4n) is 4.41. The maximum Gasteiger partial charge on any atom is 0.328 e. The number of nitrogens with two attached hydrogens (primary N) is 1. The Morgan fingerprint density at radius 3 is 2.88 bits per heavy atom. The third kappa shape index (κ3) is 3.74. The number of aliphatic imine (C=N–C) groups is 1. The lowest BCUT2D eigenvalue weighted by molar-refractivity contribution is -0.138. The van der Waals surface area contributed by atoms with E-state index in [0.29, 0.717) is 30.3 Å². The second-order valence-electron chi connectivity index (χ2n) is 8.12. The van der Waals surface area contributed by atoms with Crippen LogP contribution in [-0.4, -0.2) is 87.4 Å². The van der Waals surface area contributed by atoms with E-state index in [2.05, 4.69) is 27.8 Å². The molecule has 32 heavy (non-hydrogen) atoms. The number of likely N-dealkylation sites (tertiary alicyclic amines) is 1. The molecule has 0 spiro atoms. The highest BCUT2D eigenvalue weighted by molar-refractivity contribution is 6.03. The molecule has 2 unspecified atom stereocenters. The summed E-state index contributed by atoms with van der Waals surface area (Å²) in [5.41, 5.74) is 6.89. The predicted octanol–water partition coefficient (Wildman–Crippen LogP) is 0.160. The first-order valence-corrected chi connectivity index (χ1v) is 10.6. The van der Waals surface area contributed by atoms with E-state index in [1.807, 2.05) is 4.90 Å². The number of hydrogen-bond donors (Lipinski definition) is 1. The van der Waals surface area contributed by atoms with Gasteiger partial charge in [0, 0.05) is 32.4 Å². The van der Waals surface area contributed by atoms with Gasteiger partial charge in [-0.25, -0.2) is 9.79 Å². The fraction of sp³-hybridized carbons (Fsp3) is 0.500. The lowest BCUT2D eigenvalue weighted by Gasteiger charge is -2.42. The summed E-state index contributed by atoms with van der Waals surface area (Å²) >= 11 is 0. The van der Waals surface area contributed by atoms with Crippen molar-refractivity contribution in [3.05, 3.63) is 29.6 Å². The summed E-state index contributed by atoms with van der Waals surface area (Å²) < 4.78 is 0. The zero-order valence-electron chi connectivity index (χ0n) is 18.2. The number of aromatic nitrogens is 1. The number of pyridine rings is 1. The van der Waals surface area contributed by atoms with E-state index in [9.17, 15) is 14.9 Å². The van der Waals surface area contributed by atoms with Gasteiger partial charge in [0.05, 0.1) is 24.3 Å². The number of rotatable bonds is 3. The van der Waals surface area contributed by atoms with Gasteiger partial charge in [-0.1, -0.05) is 5.92 Å². The van der Waals surface area contributed by atoms with Crippen LogP contribution in [0.2, 0.25) is 0 Å². The minimum absolute atomic E-state index is 0.0355. The van der Waals surface area contributed by atoms with E-state index >= 15 is 0 Å². The van der Waals surface area contributed by atoms with E-state index < -0.39 is 18.2 Å². The number of carbonyl (C=O) groups is 2. The minimum atomic E-state index is -0.694. The van der Waals surface area contributed by atoms with Gasteiger partial charge in [0.25, 0.3) is 5.91 Å². The van der Waals surface area contributed by atoms with Gasteiger partial charge in [-0.15, -0.1) is 5.92 Å². The lowest BCUT2D eigenvalue weighted by atomic mass is 10.1. The number of urea groups is 1. The topological polar surface area (TPSA) is 122 Å². The Balaban J connectivity index is 1.67. The van der Waals surface area contributed by atoms with Gasteiger partial charge in [-0.2, -0.15) is 5.26 Å². The number of fused-ring (bicyclic) bond motifs is 1. The Morgan fingerprint density at radius 1 is 1.34 bits per heavy atom.